The van der Waals surface area contributed by atoms with E-state index in [-0.39, 0.29) is 18.3 Å². The van der Waals surface area contributed by atoms with Crippen molar-refractivity contribution >= 4 is 0 Å². The first-order valence-corrected chi connectivity index (χ1v) is 5.23. The summed E-state index contributed by atoms with van der Waals surface area (Å²) in [5.41, 5.74) is 5.56. The van der Waals surface area contributed by atoms with Gasteiger partial charge in [-0.25, -0.2) is 9.37 Å². The van der Waals surface area contributed by atoms with Gasteiger partial charge in [0.25, 0.3) is 0 Å². The molecule has 1 aromatic rings. The zero-order valence-corrected chi connectivity index (χ0v) is 9.52. The van der Waals surface area contributed by atoms with Crippen LogP contribution in [0.15, 0.2) is 6.33 Å². The molecule has 15 heavy (non-hydrogen) atoms. The number of alkyl halides is 1. The highest BCUT2D eigenvalue weighted by molar-refractivity contribution is 4.89. The number of halogens is 1. The van der Waals surface area contributed by atoms with Crippen molar-refractivity contribution in [1.82, 2.24) is 14.8 Å². The lowest BCUT2D eigenvalue weighted by Gasteiger charge is -2.22. The second-order valence-electron chi connectivity index (χ2n) is 4.16. The maximum atomic E-state index is 13.9. The fourth-order valence-electron chi connectivity index (χ4n) is 1.67. The van der Waals surface area contributed by atoms with Gasteiger partial charge in [0.05, 0.1) is 0 Å². The molecule has 5 heteroatoms. The summed E-state index contributed by atoms with van der Waals surface area (Å²) in [4.78, 5) is 4.00. The normalized spacial score (nSPS) is 15.6. The van der Waals surface area contributed by atoms with Crippen molar-refractivity contribution in [2.75, 3.05) is 6.54 Å². The van der Waals surface area contributed by atoms with E-state index in [4.69, 9.17) is 5.73 Å². The van der Waals surface area contributed by atoms with E-state index in [1.807, 2.05) is 13.8 Å². The molecule has 0 radical (unpaired) electrons. The molecule has 1 aromatic heterocycles. The third kappa shape index (κ3) is 2.99. The molecule has 86 valence electrons. The van der Waals surface area contributed by atoms with Crippen molar-refractivity contribution in [2.45, 2.75) is 26.4 Å². The minimum Gasteiger partial charge on any atom is -0.330 e. The van der Waals surface area contributed by atoms with Gasteiger partial charge in [-0.15, -0.1) is 0 Å². The van der Waals surface area contributed by atoms with Gasteiger partial charge in [-0.05, 0) is 12.5 Å². The summed E-state index contributed by atoms with van der Waals surface area (Å²) in [6, 6.07) is 0. The number of aryl methyl sites for hydroxylation is 1. The third-order valence-electron chi connectivity index (χ3n) is 2.78. The molecular weight excluding hydrogens is 195 g/mol. The zero-order valence-electron chi connectivity index (χ0n) is 9.52. The average molecular weight is 214 g/mol. The Morgan fingerprint density at radius 2 is 2.20 bits per heavy atom. The minimum absolute atomic E-state index is 0.110. The lowest BCUT2D eigenvalue weighted by molar-refractivity contribution is 0.182. The fourth-order valence-corrected chi connectivity index (χ4v) is 1.67. The maximum absolute atomic E-state index is 13.9. The van der Waals surface area contributed by atoms with Gasteiger partial charge < -0.3 is 5.73 Å². The van der Waals surface area contributed by atoms with Gasteiger partial charge in [-0.1, -0.05) is 13.8 Å². The summed E-state index contributed by atoms with van der Waals surface area (Å²) in [7, 11) is 1.77. The van der Waals surface area contributed by atoms with Crippen molar-refractivity contribution in [3.8, 4) is 0 Å². The van der Waals surface area contributed by atoms with Crippen LogP contribution in [0.25, 0.3) is 0 Å². The molecule has 4 nitrogen and oxygen atoms in total. The zero-order chi connectivity index (χ0) is 11.4. The molecular formula is C10H19FN4. The molecule has 0 aromatic carbocycles. The van der Waals surface area contributed by atoms with Crippen LogP contribution >= 0.6 is 0 Å². The van der Waals surface area contributed by atoms with Gasteiger partial charge in [-0.3, -0.25) is 4.68 Å². The number of hydrogen-bond acceptors (Lipinski definition) is 3. The second-order valence-corrected chi connectivity index (χ2v) is 4.16. The number of hydrogen-bond donors (Lipinski definition) is 1. The number of aromatic nitrogens is 3. The molecule has 0 saturated carbocycles. The Morgan fingerprint density at radius 3 is 2.60 bits per heavy atom. The monoisotopic (exact) mass is 214 g/mol. The summed E-state index contributed by atoms with van der Waals surface area (Å²) in [6.45, 7) is 4.35. The number of nitrogens with two attached hydrogens (primary N) is 1. The molecule has 0 spiro atoms. The number of rotatable bonds is 5. The molecule has 0 bridgehead atoms. The van der Waals surface area contributed by atoms with E-state index < -0.39 is 6.17 Å². The van der Waals surface area contributed by atoms with E-state index >= 15 is 0 Å². The Morgan fingerprint density at radius 1 is 1.53 bits per heavy atom. The van der Waals surface area contributed by atoms with Crippen LogP contribution in [0.2, 0.25) is 0 Å². The first-order valence-electron chi connectivity index (χ1n) is 5.23. The quantitative estimate of drug-likeness (QED) is 0.793. The Bertz CT molecular complexity index is 297. The Kier molecular flexibility index (Phi) is 4.20. The largest absolute Gasteiger partial charge is 0.330 e. The highest BCUT2D eigenvalue weighted by Crippen LogP contribution is 2.19. The summed E-state index contributed by atoms with van der Waals surface area (Å²) >= 11 is 0. The van der Waals surface area contributed by atoms with E-state index in [9.17, 15) is 4.39 Å². The van der Waals surface area contributed by atoms with Gasteiger partial charge >= 0.3 is 0 Å². The topological polar surface area (TPSA) is 56.7 Å². The predicted molar refractivity (Wildman–Crippen MR) is 57.0 cm³/mol. The lowest BCUT2D eigenvalue weighted by atomic mass is 9.89. The van der Waals surface area contributed by atoms with E-state index in [0.717, 1.165) is 0 Å². The molecule has 1 rings (SSSR count). The summed E-state index contributed by atoms with van der Waals surface area (Å²) in [5, 5.41) is 3.91. The van der Waals surface area contributed by atoms with Crippen molar-refractivity contribution in [1.29, 1.82) is 0 Å². The van der Waals surface area contributed by atoms with Crippen molar-refractivity contribution in [2.24, 2.45) is 24.6 Å². The Hall–Kier alpha value is -0.970. The molecule has 0 aliphatic heterocycles. The molecule has 0 amide bonds. The molecule has 0 saturated heterocycles. The maximum Gasteiger partial charge on any atom is 0.138 e. The lowest BCUT2D eigenvalue weighted by Crippen LogP contribution is -2.31. The van der Waals surface area contributed by atoms with Crippen molar-refractivity contribution < 1.29 is 4.39 Å². The molecule has 0 fully saturated rings. The first kappa shape index (κ1) is 12.1. The fraction of sp³-hybridized carbons (Fsp3) is 0.800. The van der Waals surface area contributed by atoms with Crippen LogP contribution < -0.4 is 5.73 Å². The molecule has 0 aliphatic carbocycles. The second kappa shape index (κ2) is 5.21. The molecule has 2 N–H and O–H groups in total. The van der Waals surface area contributed by atoms with E-state index in [2.05, 4.69) is 10.1 Å². The van der Waals surface area contributed by atoms with Crippen LogP contribution in [0.3, 0.4) is 0 Å². The first-order chi connectivity index (χ1) is 7.06. The van der Waals surface area contributed by atoms with Gasteiger partial charge in [0.15, 0.2) is 0 Å². The van der Waals surface area contributed by atoms with Crippen LogP contribution in [-0.2, 0) is 13.5 Å². The van der Waals surface area contributed by atoms with E-state index in [1.54, 1.807) is 11.7 Å². The molecule has 1 heterocycles. The van der Waals surface area contributed by atoms with Gasteiger partial charge in [0, 0.05) is 19.4 Å². The third-order valence-corrected chi connectivity index (χ3v) is 2.78. The van der Waals surface area contributed by atoms with Crippen LogP contribution in [0.1, 0.15) is 19.7 Å². The average Bonchev–Trinajstić information content (AvgIpc) is 2.52. The number of nitrogens with zero attached hydrogens (tertiary/aromatic N) is 3. The summed E-state index contributed by atoms with van der Waals surface area (Å²) in [6.07, 6.45) is 0.781. The van der Waals surface area contributed by atoms with Crippen LogP contribution in [0.5, 0.6) is 0 Å². The summed E-state index contributed by atoms with van der Waals surface area (Å²) < 4.78 is 15.5. The SMILES string of the molecule is CC(C)C(CN)C(F)Cc1ncnn1C. The van der Waals surface area contributed by atoms with Crippen LogP contribution in [0.4, 0.5) is 4.39 Å². The predicted octanol–water partition coefficient (Wildman–Crippen LogP) is 0.927. The van der Waals surface area contributed by atoms with E-state index in [1.165, 1.54) is 6.33 Å². The smallest absolute Gasteiger partial charge is 0.138 e. The summed E-state index contributed by atoms with van der Waals surface area (Å²) in [5.74, 6) is 0.807. The van der Waals surface area contributed by atoms with Crippen molar-refractivity contribution in [3.63, 3.8) is 0 Å². The Balaban J connectivity index is 2.62. The standard InChI is InChI=1S/C10H19FN4/c1-7(2)8(5-12)9(11)4-10-13-6-14-15(10)3/h6-9H,4-5,12H2,1-3H3. The highest BCUT2D eigenvalue weighted by Gasteiger charge is 2.24. The molecule has 0 aliphatic rings. The Labute approximate surface area is 89.7 Å². The van der Waals surface area contributed by atoms with Gasteiger partial charge in [-0.2, -0.15) is 5.10 Å². The minimum atomic E-state index is -0.946. The van der Waals surface area contributed by atoms with Crippen molar-refractivity contribution in [3.05, 3.63) is 12.2 Å². The molecule has 2 unspecified atom stereocenters. The molecule has 2 atom stereocenters. The van der Waals surface area contributed by atoms with E-state index in [0.29, 0.717) is 12.4 Å². The van der Waals surface area contributed by atoms with Gasteiger partial charge in [0.2, 0.25) is 0 Å². The van der Waals surface area contributed by atoms with Gasteiger partial charge in [0.1, 0.15) is 18.3 Å². The highest BCUT2D eigenvalue weighted by atomic mass is 19.1. The van der Waals surface area contributed by atoms with Crippen LogP contribution in [0, 0.1) is 11.8 Å². The van der Waals surface area contributed by atoms with Crippen LogP contribution in [-0.4, -0.2) is 27.5 Å².